The summed E-state index contributed by atoms with van der Waals surface area (Å²) in [5.41, 5.74) is 5.97. The summed E-state index contributed by atoms with van der Waals surface area (Å²) in [6, 6.07) is 26.0. The van der Waals surface area contributed by atoms with Gasteiger partial charge < -0.3 is 9.88 Å². The maximum Gasteiger partial charge on any atom is 0.266 e. The summed E-state index contributed by atoms with van der Waals surface area (Å²) >= 11 is 0. The van der Waals surface area contributed by atoms with Crippen molar-refractivity contribution < 1.29 is 4.79 Å². The minimum absolute atomic E-state index is 0.0727. The summed E-state index contributed by atoms with van der Waals surface area (Å²) in [5, 5.41) is 13.6. The molecule has 4 heteroatoms. The summed E-state index contributed by atoms with van der Waals surface area (Å²) in [6.07, 6.45) is 3.67. The van der Waals surface area contributed by atoms with Crippen LogP contribution in [0.5, 0.6) is 0 Å². The van der Waals surface area contributed by atoms with Crippen LogP contribution in [0.15, 0.2) is 84.6 Å². The van der Waals surface area contributed by atoms with Gasteiger partial charge in [-0.25, -0.2) is 0 Å². The molecule has 4 rings (SSSR count). The van der Waals surface area contributed by atoms with Crippen molar-refractivity contribution in [3.63, 3.8) is 0 Å². The number of amides is 1. The number of aryl methyl sites for hydroxylation is 1. The lowest BCUT2D eigenvalue weighted by molar-refractivity contribution is -0.112. The molecule has 1 aromatic heterocycles. The van der Waals surface area contributed by atoms with Gasteiger partial charge in [0.05, 0.1) is 0 Å². The standard InChI is InChI=1S/C27H23N3O/c1-19-9-8-13-25(20(19)2)29-27(31)22(16-28)15-23-18-30(17-21-10-4-3-5-11-21)26-14-7-6-12-24(23)26/h3-15,18H,17H2,1-2H3,(H,29,31)/b22-15+. The van der Waals surface area contributed by atoms with Crippen LogP contribution in [0.4, 0.5) is 5.69 Å². The van der Waals surface area contributed by atoms with Gasteiger partial charge in [-0.2, -0.15) is 5.26 Å². The third kappa shape index (κ3) is 4.26. The number of nitrogens with one attached hydrogen (secondary N) is 1. The Kier molecular flexibility index (Phi) is 5.68. The molecule has 4 nitrogen and oxygen atoms in total. The van der Waals surface area contributed by atoms with Gasteiger partial charge in [0, 0.05) is 34.9 Å². The third-order valence-corrected chi connectivity index (χ3v) is 5.53. The van der Waals surface area contributed by atoms with Crippen LogP contribution in [0.2, 0.25) is 0 Å². The lowest BCUT2D eigenvalue weighted by atomic mass is 10.1. The van der Waals surface area contributed by atoms with E-state index in [1.54, 1.807) is 6.08 Å². The number of para-hydroxylation sites is 1. The molecule has 0 aliphatic heterocycles. The first-order chi connectivity index (χ1) is 15.1. The van der Waals surface area contributed by atoms with E-state index in [2.05, 4.69) is 34.2 Å². The van der Waals surface area contributed by atoms with Crippen molar-refractivity contribution in [2.45, 2.75) is 20.4 Å². The number of fused-ring (bicyclic) bond motifs is 1. The lowest BCUT2D eigenvalue weighted by Crippen LogP contribution is -2.14. The molecule has 3 aromatic carbocycles. The third-order valence-electron chi connectivity index (χ3n) is 5.53. The van der Waals surface area contributed by atoms with E-state index in [1.807, 2.05) is 74.6 Å². The minimum atomic E-state index is -0.406. The van der Waals surface area contributed by atoms with Gasteiger partial charge >= 0.3 is 0 Å². The molecule has 1 heterocycles. The van der Waals surface area contributed by atoms with Crippen LogP contribution in [0.3, 0.4) is 0 Å². The van der Waals surface area contributed by atoms with Gasteiger partial charge in [0.15, 0.2) is 0 Å². The van der Waals surface area contributed by atoms with Gasteiger partial charge in [0.1, 0.15) is 11.6 Å². The van der Waals surface area contributed by atoms with Crippen LogP contribution in [-0.4, -0.2) is 10.5 Å². The first-order valence-electron chi connectivity index (χ1n) is 10.2. The summed E-state index contributed by atoms with van der Waals surface area (Å²) in [6.45, 7) is 4.66. The molecule has 4 aromatic rings. The van der Waals surface area contributed by atoms with Crippen LogP contribution >= 0.6 is 0 Å². The van der Waals surface area contributed by atoms with E-state index in [9.17, 15) is 10.1 Å². The number of aromatic nitrogens is 1. The normalized spacial score (nSPS) is 11.3. The highest BCUT2D eigenvalue weighted by atomic mass is 16.1. The maximum absolute atomic E-state index is 12.8. The van der Waals surface area contributed by atoms with Crippen molar-refractivity contribution in [1.29, 1.82) is 5.26 Å². The van der Waals surface area contributed by atoms with Gasteiger partial charge in [-0.15, -0.1) is 0 Å². The molecule has 31 heavy (non-hydrogen) atoms. The molecule has 0 aliphatic carbocycles. The fraction of sp³-hybridized carbons (Fsp3) is 0.111. The molecule has 0 radical (unpaired) electrons. The second-order valence-electron chi connectivity index (χ2n) is 7.59. The van der Waals surface area contributed by atoms with Crippen molar-refractivity contribution in [1.82, 2.24) is 4.57 Å². The van der Waals surface area contributed by atoms with Crippen molar-refractivity contribution in [3.05, 3.63) is 107 Å². The number of hydrogen-bond acceptors (Lipinski definition) is 2. The number of rotatable bonds is 5. The molecule has 0 unspecified atom stereocenters. The number of nitrogens with zero attached hydrogens (tertiary/aromatic N) is 2. The number of carbonyl (C=O) groups is 1. The van der Waals surface area contributed by atoms with E-state index >= 15 is 0 Å². The van der Waals surface area contributed by atoms with Crippen LogP contribution < -0.4 is 5.32 Å². The Morgan fingerprint density at radius 2 is 1.74 bits per heavy atom. The monoisotopic (exact) mass is 405 g/mol. The average Bonchev–Trinajstić information content (AvgIpc) is 3.13. The number of benzene rings is 3. The first-order valence-corrected chi connectivity index (χ1v) is 10.2. The molecule has 0 aliphatic rings. The van der Waals surface area contributed by atoms with Crippen molar-refractivity contribution in [2.24, 2.45) is 0 Å². The molecule has 152 valence electrons. The van der Waals surface area contributed by atoms with Crippen molar-refractivity contribution in [3.8, 4) is 6.07 Å². The first kappa shape index (κ1) is 20.2. The van der Waals surface area contributed by atoms with E-state index < -0.39 is 5.91 Å². The van der Waals surface area contributed by atoms with E-state index in [0.29, 0.717) is 6.54 Å². The van der Waals surface area contributed by atoms with E-state index in [1.165, 1.54) is 5.56 Å². The minimum Gasteiger partial charge on any atom is -0.342 e. The second-order valence-corrected chi connectivity index (χ2v) is 7.59. The van der Waals surface area contributed by atoms with Crippen LogP contribution in [0, 0.1) is 25.2 Å². The van der Waals surface area contributed by atoms with Gasteiger partial charge in [-0.05, 0) is 48.7 Å². The summed E-state index contributed by atoms with van der Waals surface area (Å²) < 4.78 is 2.15. The van der Waals surface area contributed by atoms with Gasteiger partial charge in [-0.3, -0.25) is 4.79 Å². The Morgan fingerprint density at radius 1 is 1.00 bits per heavy atom. The number of nitriles is 1. The van der Waals surface area contributed by atoms with Gasteiger partial charge in [0.25, 0.3) is 5.91 Å². The van der Waals surface area contributed by atoms with Gasteiger partial charge in [0.2, 0.25) is 0 Å². The SMILES string of the molecule is Cc1cccc(NC(=O)/C(C#N)=C/c2cn(Cc3ccccc3)c3ccccc23)c1C. The molecule has 1 amide bonds. The van der Waals surface area contributed by atoms with E-state index in [4.69, 9.17) is 0 Å². The van der Waals surface area contributed by atoms with Crippen LogP contribution in [0.25, 0.3) is 17.0 Å². The summed E-state index contributed by atoms with van der Waals surface area (Å²) in [7, 11) is 0. The molecule has 0 bridgehead atoms. The highest BCUT2D eigenvalue weighted by Crippen LogP contribution is 2.25. The zero-order valence-electron chi connectivity index (χ0n) is 17.6. The van der Waals surface area contributed by atoms with Crippen LogP contribution in [0.1, 0.15) is 22.3 Å². The van der Waals surface area contributed by atoms with Crippen molar-refractivity contribution >= 4 is 28.6 Å². The molecular formula is C27H23N3O. The van der Waals surface area contributed by atoms with Crippen LogP contribution in [-0.2, 0) is 11.3 Å². The molecule has 0 atom stereocenters. The lowest BCUT2D eigenvalue weighted by Gasteiger charge is -2.09. The number of carbonyl (C=O) groups excluding carboxylic acids is 1. The second kappa shape index (κ2) is 8.73. The zero-order chi connectivity index (χ0) is 21.8. The topological polar surface area (TPSA) is 57.8 Å². The molecule has 1 N–H and O–H groups in total. The van der Waals surface area contributed by atoms with Crippen molar-refractivity contribution in [2.75, 3.05) is 5.32 Å². The summed E-state index contributed by atoms with van der Waals surface area (Å²) in [4.78, 5) is 12.8. The quantitative estimate of drug-likeness (QED) is 0.334. The Hall–Kier alpha value is -4.10. The highest BCUT2D eigenvalue weighted by molar-refractivity contribution is 6.11. The fourth-order valence-electron chi connectivity index (χ4n) is 3.68. The molecule has 0 fully saturated rings. The Labute approximate surface area is 182 Å². The average molecular weight is 406 g/mol. The molecule has 0 saturated carbocycles. The number of hydrogen-bond donors (Lipinski definition) is 1. The predicted molar refractivity (Wildman–Crippen MR) is 126 cm³/mol. The highest BCUT2D eigenvalue weighted by Gasteiger charge is 2.14. The van der Waals surface area contributed by atoms with Gasteiger partial charge in [-0.1, -0.05) is 60.7 Å². The Morgan fingerprint density at radius 3 is 2.52 bits per heavy atom. The fourth-order valence-corrected chi connectivity index (χ4v) is 3.68. The largest absolute Gasteiger partial charge is 0.342 e. The smallest absolute Gasteiger partial charge is 0.266 e. The van der Waals surface area contributed by atoms with E-state index in [0.717, 1.165) is 33.3 Å². The Balaban J connectivity index is 1.69. The van der Waals surface area contributed by atoms with E-state index in [-0.39, 0.29) is 5.57 Å². The molecule has 0 saturated heterocycles. The Bertz CT molecular complexity index is 1320. The predicted octanol–water partition coefficient (Wildman–Crippen LogP) is 5.85. The molecular weight excluding hydrogens is 382 g/mol. The zero-order valence-corrected chi connectivity index (χ0v) is 17.6. The number of anilines is 1. The molecule has 0 spiro atoms. The summed E-state index contributed by atoms with van der Waals surface area (Å²) in [5.74, 6) is -0.406. The maximum atomic E-state index is 12.8.